The molecule has 2 heterocycles. The zero-order valence-electron chi connectivity index (χ0n) is 16.4. The molecule has 0 saturated heterocycles. The van der Waals surface area contributed by atoms with Gasteiger partial charge < -0.3 is 5.32 Å². The van der Waals surface area contributed by atoms with E-state index in [0.717, 1.165) is 47.6 Å². The molecule has 10 heteroatoms. The molecule has 7 nitrogen and oxygen atoms in total. The number of aromatic nitrogens is 4. The van der Waals surface area contributed by atoms with Crippen LogP contribution in [0.1, 0.15) is 47.8 Å². The highest BCUT2D eigenvalue weighted by molar-refractivity contribution is 5.92. The minimum atomic E-state index is -4.38. The minimum Gasteiger partial charge on any atom is -0.348 e. The molecule has 2 saturated carbocycles. The first-order valence-corrected chi connectivity index (χ1v) is 10.1. The van der Waals surface area contributed by atoms with Crippen LogP contribution in [0.3, 0.4) is 0 Å². The van der Waals surface area contributed by atoms with Crippen LogP contribution in [0.5, 0.6) is 0 Å². The van der Waals surface area contributed by atoms with Crippen molar-refractivity contribution in [2.75, 3.05) is 0 Å². The van der Waals surface area contributed by atoms with Crippen molar-refractivity contribution < 1.29 is 18.0 Å². The van der Waals surface area contributed by atoms with E-state index < -0.39 is 18.6 Å². The van der Waals surface area contributed by atoms with Gasteiger partial charge in [0.15, 0.2) is 0 Å². The van der Waals surface area contributed by atoms with E-state index in [1.165, 1.54) is 6.07 Å². The lowest BCUT2D eigenvalue weighted by molar-refractivity contribution is -0.142. The predicted molar refractivity (Wildman–Crippen MR) is 106 cm³/mol. The highest BCUT2D eigenvalue weighted by Gasteiger charge is 2.54. The molecule has 3 aromatic rings. The van der Waals surface area contributed by atoms with Crippen molar-refractivity contribution in [1.29, 1.82) is 0 Å². The van der Waals surface area contributed by atoms with Crippen molar-refractivity contribution in [3.8, 4) is 0 Å². The lowest BCUT2D eigenvalue weighted by Crippen LogP contribution is -2.55. The van der Waals surface area contributed by atoms with Gasteiger partial charge in [-0.3, -0.25) is 14.3 Å². The molecule has 0 bridgehead atoms. The van der Waals surface area contributed by atoms with Gasteiger partial charge in [-0.2, -0.15) is 23.4 Å². The van der Waals surface area contributed by atoms with E-state index in [0.29, 0.717) is 5.39 Å². The summed E-state index contributed by atoms with van der Waals surface area (Å²) >= 11 is 0. The van der Waals surface area contributed by atoms with Gasteiger partial charge in [-0.15, -0.1) is 0 Å². The average Bonchev–Trinajstić information content (AvgIpc) is 3.10. The standard InChI is InChI=1S/C21H20F3N5O2/c22-21(23,24)11-29-6-5-16(28-29)19(31)25-13-9-20(10-13)7-12(8-20)17-14-3-1-2-4-15(14)18(30)27-26-17/h1-6,12-13H,7-11H2,(H,25,31)(H,27,30). The number of fused-ring (bicyclic) bond motifs is 1. The van der Waals surface area contributed by atoms with Crippen molar-refractivity contribution in [2.45, 2.75) is 50.4 Å². The number of nitrogens with zero attached hydrogens (tertiary/aromatic N) is 3. The number of rotatable bonds is 4. The smallest absolute Gasteiger partial charge is 0.348 e. The van der Waals surface area contributed by atoms with Gasteiger partial charge in [-0.05, 0) is 43.2 Å². The van der Waals surface area contributed by atoms with E-state index in [1.54, 1.807) is 6.07 Å². The van der Waals surface area contributed by atoms with Crippen LogP contribution < -0.4 is 10.9 Å². The van der Waals surface area contributed by atoms with Crippen molar-refractivity contribution in [1.82, 2.24) is 25.3 Å². The summed E-state index contributed by atoms with van der Waals surface area (Å²) < 4.78 is 38.0. The van der Waals surface area contributed by atoms with Gasteiger partial charge in [0.2, 0.25) is 0 Å². The van der Waals surface area contributed by atoms with Crippen LogP contribution in [-0.4, -0.2) is 38.1 Å². The van der Waals surface area contributed by atoms with Gasteiger partial charge in [-0.25, -0.2) is 5.10 Å². The normalized spacial score (nSPS) is 25.3. The molecule has 2 aromatic heterocycles. The first kappa shape index (κ1) is 19.8. The first-order chi connectivity index (χ1) is 14.7. The summed E-state index contributed by atoms with van der Waals surface area (Å²) in [5.74, 6) is -0.193. The Balaban J connectivity index is 1.17. The molecule has 5 rings (SSSR count). The third kappa shape index (κ3) is 3.70. The molecule has 2 aliphatic rings. The van der Waals surface area contributed by atoms with Crippen LogP contribution in [0.4, 0.5) is 13.2 Å². The Labute approximate surface area is 174 Å². The number of amides is 1. The largest absolute Gasteiger partial charge is 0.408 e. The van der Waals surface area contributed by atoms with E-state index in [-0.39, 0.29) is 28.6 Å². The summed E-state index contributed by atoms with van der Waals surface area (Å²) in [7, 11) is 0. The molecule has 162 valence electrons. The summed E-state index contributed by atoms with van der Waals surface area (Å²) in [6.07, 6.45) is 0.278. The molecule has 1 amide bonds. The fraction of sp³-hybridized carbons (Fsp3) is 0.429. The van der Waals surface area contributed by atoms with Crippen molar-refractivity contribution in [2.24, 2.45) is 5.41 Å². The zero-order chi connectivity index (χ0) is 21.8. The number of carbonyl (C=O) groups is 1. The molecular weight excluding hydrogens is 411 g/mol. The monoisotopic (exact) mass is 431 g/mol. The highest BCUT2D eigenvalue weighted by atomic mass is 19.4. The summed E-state index contributed by atoms with van der Waals surface area (Å²) in [6.45, 7) is -1.22. The Hall–Kier alpha value is -3.17. The minimum absolute atomic E-state index is 0.0125. The number of H-pyrrole nitrogens is 1. The third-order valence-electron chi connectivity index (χ3n) is 6.38. The summed E-state index contributed by atoms with van der Waals surface area (Å²) in [5, 5.41) is 15.0. The SMILES string of the molecule is O=C(NC1CC2(C1)CC(c1n[nH]c(=O)c3ccccc13)C2)c1ccn(CC(F)(F)F)n1. The van der Waals surface area contributed by atoms with Gasteiger partial charge in [-0.1, -0.05) is 18.2 Å². The topological polar surface area (TPSA) is 92.7 Å². The molecule has 1 spiro atoms. The summed E-state index contributed by atoms with van der Waals surface area (Å²) in [6, 6.07) is 8.71. The Morgan fingerprint density at radius 1 is 1.16 bits per heavy atom. The number of aromatic amines is 1. The number of nitrogens with one attached hydrogen (secondary N) is 2. The van der Waals surface area contributed by atoms with Crippen LogP contribution >= 0.6 is 0 Å². The van der Waals surface area contributed by atoms with E-state index in [1.807, 2.05) is 18.2 Å². The quantitative estimate of drug-likeness (QED) is 0.664. The van der Waals surface area contributed by atoms with Crippen molar-refractivity contribution >= 4 is 16.7 Å². The number of alkyl halides is 3. The molecule has 2 N–H and O–H groups in total. The van der Waals surface area contributed by atoms with E-state index in [2.05, 4.69) is 20.6 Å². The van der Waals surface area contributed by atoms with Gasteiger partial charge in [0.25, 0.3) is 11.5 Å². The van der Waals surface area contributed by atoms with Crippen LogP contribution in [0.2, 0.25) is 0 Å². The Kier molecular flexibility index (Phi) is 4.42. The maximum absolute atomic E-state index is 12.4. The van der Waals surface area contributed by atoms with Gasteiger partial charge >= 0.3 is 6.18 Å². The van der Waals surface area contributed by atoms with Gasteiger partial charge in [0.05, 0.1) is 11.1 Å². The van der Waals surface area contributed by atoms with Crippen LogP contribution in [0.15, 0.2) is 41.3 Å². The van der Waals surface area contributed by atoms with Crippen molar-refractivity contribution in [3.05, 3.63) is 58.3 Å². The Morgan fingerprint density at radius 3 is 2.58 bits per heavy atom. The van der Waals surface area contributed by atoms with Crippen LogP contribution in [0, 0.1) is 5.41 Å². The average molecular weight is 431 g/mol. The maximum Gasteiger partial charge on any atom is 0.408 e. The summed E-state index contributed by atoms with van der Waals surface area (Å²) in [4.78, 5) is 24.3. The zero-order valence-corrected chi connectivity index (χ0v) is 16.4. The second-order valence-corrected chi connectivity index (χ2v) is 8.68. The molecular formula is C21H20F3N5O2. The van der Waals surface area contributed by atoms with Crippen LogP contribution in [0.25, 0.3) is 10.8 Å². The van der Waals surface area contributed by atoms with Crippen LogP contribution in [-0.2, 0) is 6.54 Å². The number of carbonyl (C=O) groups excluding carboxylic acids is 1. The Bertz CT molecular complexity index is 1200. The third-order valence-corrected chi connectivity index (χ3v) is 6.38. The van der Waals surface area contributed by atoms with Crippen molar-refractivity contribution in [3.63, 3.8) is 0 Å². The lowest BCUT2D eigenvalue weighted by Gasteiger charge is -2.57. The van der Waals surface area contributed by atoms with Gasteiger partial charge in [0.1, 0.15) is 12.2 Å². The number of halogens is 3. The molecule has 2 aliphatic carbocycles. The fourth-order valence-electron chi connectivity index (χ4n) is 5.06. The second-order valence-electron chi connectivity index (χ2n) is 8.68. The van der Waals surface area contributed by atoms with Gasteiger partial charge in [0, 0.05) is 23.5 Å². The summed E-state index contributed by atoms with van der Waals surface area (Å²) in [5.41, 5.74) is 0.846. The lowest BCUT2D eigenvalue weighted by atomic mass is 9.49. The molecule has 0 radical (unpaired) electrons. The molecule has 0 unspecified atom stereocenters. The van der Waals surface area contributed by atoms with E-state index >= 15 is 0 Å². The molecule has 0 atom stereocenters. The molecule has 1 aromatic carbocycles. The van der Waals surface area contributed by atoms with E-state index in [9.17, 15) is 22.8 Å². The number of benzene rings is 1. The predicted octanol–water partition coefficient (Wildman–Crippen LogP) is 3.14. The number of hydrogen-bond acceptors (Lipinski definition) is 4. The molecule has 2 fully saturated rings. The maximum atomic E-state index is 12.4. The first-order valence-electron chi connectivity index (χ1n) is 10.1. The molecule has 0 aliphatic heterocycles. The molecule has 31 heavy (non-hydrogen) atoms. The number of hydrogen-bond donors (Lipinski definition) is 2. The second kappa shape index (κ2) is 6.93. The Morgan fingerprint density at radius 2 is 1.87 bits per heavy atom. The highest BCUT2D eigenvalue weighted by Crippen LogP contribution is 2.62. The van der Waals surface area contributed by atoms with E-state index in [4.69, 9.17) is 0 Å². The fourth-order valence-corrected chi connectivity index (χ4v) is 5.06.